The van der Waals surface area contributed by atoms with Gasteiger partial charge in [-0.05, 0) is 51.4 Å². The molecule has 2 unspecified atom stereocenters. The minimum absolute atomic E-state index is 0.433. The average molecular weight is 286 g/mol. The van der Waals surface area contributed by atoms with Crippen molar-refractivity contribution in [3.05, 3.63) is 0 Å². The second kappa shape index (κ2) is 7.90. The molecule has 0 aromatic carbocycles. The van der Waals surface area contributed by atoms with E-state index in [0.717, 1.165) is 25.7 Å². The fourth-order valence-corrected chi connectivity index (χ4v) is 2.67. The van der Waals surface area contributed by atoms with Crippen LogP contribution in [0.3, 0.4) is 0 Å². The van der Waals surface area contributed by atoms with E-state index >= 15 is 0 Å². The van der Waals surface area contributed by atoms with Gasteiger partial charge in [0.05, 0.1) is 0 Å². The molecule has 2 atom stereocenters. The molecule has 0 aliphatic heterocycles. The third-order valence-corrected chi connectivity index (χ3v) is 3.84. The van der Waals surface area contributed by atoms with Gasteiger partial charge in [0.2, 0.25) is 0 Å². The maximum absolute atomic E-state index is 12.1. The van der Waals surface area contributed by atoms with Crippen LogP contribution in [-0.2, 0) is 9.47 Å². The quantitative estimate of drug-likeness (QED) is 0.547. The summed E-state index contributed by atoms with van der Waals surface area (Å²) in [5.41, 5.74) is -0.866. The summed E-state index contributed by atoms with van der Waals surface area (Å²) in [5, 5.41) is 0. The van der Waals surface area contributed by atoms with Gasteiger partial charge in [-0.15, -0.1) is 0 Å². The third kappa shape index (κ3) is 7.16. The molecule has 120 valence electrons. The van der Waals surface area contributed by atoms with Crippen LogP contribution in [-0.4, -0.2) is 17.4 Å². The first-order valence-corrected chi connectivity index (χ1v) is 7.97. The third-order valence-electron chi connectivity index (χ3n) is 3.84. The van der Waals surface area contributed by atoms with Gasteiger partial charge in [0.1, 0.15) is 11.2 Å². The number of hydrogen-bond acceptors (Lipinski definition) is 3. The summed E-state index contributed by atoms with van der Waals surface area (Å²) >= 11 is 0. The second-order valence-electron chi connectivity index (χ2n) is 7.26. The minimum Gasteiger partial charge on any atom is -0.428 e. The first-order chi connectivity index (χ1) is 9.06. The fourth-order valence-electron chi connectivity index (χ4n) is 2.67. The molecule has 0 aliphatic rings. The number of carbonyl (C=O) groups excluding carboxylic acids is 1. The predicted molar refractivity (Wildman–Crippen MR) is 83.9 cm³/mol. The van der Waals surface area contributed by atoms with Crippen LogP contribution < -0.4 is 0 Å². The van der Waals surface area contributed by atoms with E-state index < -0.39 is 17.4 Å². The number of hydrogen-bond donors (Lipinski definition) is 0. The Morgan fingerprint density at radius 3 is 1.35 bits per heavy atom. The second-order valence-corrected chi connectivity index (χ2v) is 7.26. The van der Waals surface area contributed by atoms with Crippen molar-refractivity contribution in [3.8, 4) is 0 Å². The highest BCUT2D eigenvalue weighted by Crippen LogP contribution is 2.29. The van der Waals surface area contributed by atoms with Gasteiger partial charge in [0.15, 0.2) is 0 Å². The smallest absolute Gasteiger partial charge is 0.428 e. The Kier molecular flexibility index (Phi) is 7.61. The van der Waals surface area contributed by atoms with Crippen LogP contribution in [0.5, 0.6) is 0 Å². The zero-order chi connectivity index (χ0) is 16.0. The zero-order valence-electron chi connectivity index (χ0n) is 14.7. The van der Waals surface area contributed by atoms with E-state index in [1.54, 1.807) is 0 Å². The summed E-state index contributed by atoms with van der Waals surface area (Å²) in [5.74, 6) is 0.974. The minimum atomic E-state index is -0.528. The molecular weight excluding hydrogens is 252 g/mol. The summed E-state index contributed by atoms with van der Waals surface area (Å²) in [6.07, 6.45) is 2.78. The van der Waals surface area contributed by atoms with Crippen LogP contribution in [0.4, 0.5) is 4.79 Å². The van der Waals surface area contributed by atoms with Gasteiger partial charge in [-0.3, -0.25) is 0 Å². The Bertz CT molecular complexity index is 271. The monoisotopic (exact) mass is 286 g/mol. The van der Waals surface area contributed by atoms with Gasteiger partial charge >= 0.3 is 6.16 Å². The van der Waals surface area contributed by atoms with E-state index in [1.807, 2.05) is 27.7 Å². The first kappa shape index (κ1) is 19.3. The van der Waals surface area contributed by atoms with Gasteiger partial charge in [-0.2, -0.15) is 0 Å². The van der Waals surface area contributed by atoms with Crippen LogP contribution >= 0.6 is 0 Å². The first-order valence-electron chi connectivity index (χ1n) is 7.97. The van der Waals surface area contributed by atoms with Crippen molar-refractivity contribution < 1.29 is 14.3 Å². The molecule has 3 nitrogen and oxygen atoms in total. The van der Waals surface area contributed by atoms with Gasteiger partial charge in [0, 0.05) is 0 Å². The van der Waals surface area contributed by atoms with Crippen molar-refractivity contribution in [1.29, 1.82) is 0 Å². The molecule has 0 aliphatic carbocycles. The molecule has 3 heteroatoms. The highest BCUT2D eigenvalue weighted by Gasteiger charge is 2.33. The molecule has 0 saturated carbocycles. The SMILES string of the molecule is CCC(C)(CC(C)C)OC(=O)OC(C)(CC)CC(C)C. The summed E-state index contributed by atoms with van der Waals surface area (Å²) in [4.78, 5) is 12.1. The van der Waals surface area contributed by atoms with Crippen molar-refractivity contribution in [3.63, 3.8) is 0 Å². The van der Waals surface area contributed by atoms with E-state index in [4.69, 9.17) is 9.47 Å². The van der Waals surface area contributed by atoms with Crippen molar-refractivity contribution in [2.24, 2.45) is 11.8 Å². The lowest BCUT2D eigenvalue weighted by Crippen LogP contribution is -2.38. The maximum atomic E-state index is 12.1. The lowest BCUT2D eigenvalue weighted by Gasteiger charge is -2.34. The van der Waals surface area contributed by atoms with Crippen LogP contribution in [0, 0.1) is 11.8 Å². The molecule has 0 radical (unpaired) electrons. The summed E-state index contributed by atoms with van der Waals surface area (Å²) in [6, 6.07) is 0. The molecule has 0 rings (SSSR count). The largest absolute Gasteiger partial charge is 0.509 e. The van der Waals surface area contributed by atoms with Gasteiger partial charge in [-0.1, -0.05) is 41.5 Å². The number of ether oxygens (including phenoxy) is 2. The molecule has 0 saturated heterocycles. The molecular formula is C17H34O3. The van der Waals surface area contributed by atoms with E-state index in [-0.39, 0.29) is 0 Å². The van der Waals surface area contributed by atoms with E-state index in [9.17, 15) is 4.79 Å². The number of carbonyl (C=O) groups is 1. The Hall–Kier alpha value is -0.730. The van der Waals surface area contributed by atoms with E-state index in [0.29, 0.717) is 11.8 Å². The highest BCUT2D eigenvalue weighted by molar-refractivity contribution is 5.61. The maximum Gasteiger partial charge on any atom is 0.509 e. The molecule has 0 amide bonds. The van der Waals surface area contributed by atoms with Crippen molar-refractivity contribution in [2.45, 2.75) is 92.3 Å². The lowest BCUT2D eigenvalue weighted by molar-refractivity contribution is -0.0835. The topological polar surface area (TPSA) is 35.5 Å². The Morgan fingerprint density at radius 1 is 0.850 bits per heavy atom. The van der Waals surface area contributed by atoms with Crippen LogP contribution in [0.1, 0.15) is 81.1 Å². The molecule has 0 spiro atoms. The predicted octanol–water partition coefficient (Wildman–Crippen LogP) is 5.57. The molecule has 0 heterocycles. The fraction of sp³-hybridized carbons (Fsp3) is 0.941. The Morgan fingerprint density at radius 2 is 1.15 bits per heavy atom. The molecule has 0 aromatic heterocycles. The number of rotatable bonds is 8. The standard InChI is InChI=1S/C17H34O3/c1-9-16(7,11-13(3)4)19-15(18)20-17(8,10-2)12-14(5)6/h13-14H,9-12H2,1-8H3. The molecule has 0 bridgehead atoms. The van der Waals surface area contributed by atoms with Crippen LogP contribution in [0.15, 0.2) is 0 Å². The van der Waals surface area contributed by atoms with E-state index in [1.165, 1.54) is 0 Å². The lowest BCUT2D eigenvalue weighted by atomic mass is 9.91. The summed E-state index contributed by atoms with van der Waals surface area (Å²) < 4.78 is 11.2. The Labute approximate surface area is 125 Å². The Balaban J connectivity index is 4.66. The van der Waals surface area contributed by atoms with Gasteiger partial charge in [-0.25, -0.2) is 4.79 Å². The van der Waals surface area contributed by atoms with Crippen molar-refractivity contribution >= 4 is 6.16 Å². The van der Waals surface area contributed by atoms with Crippen molar-refractivity contribution in [2.75, 3.05) is 0 Å². The molecule has 0 aromatic rings. The highest BCUT2D eigenvalue weighted by atomic mass is 16.7. The van der Waals surface area contributed by atoms with Crippen molar-refractivity contribution in [1.82, 2.24) is 0 Å². The normalized spacial score (nSPS) is 17.7. The summed E-state index contributed by atoms with van der Waals surface area (Å²) in [6.45, 7) is 16.6. The van der Waals surface area contributed by atoms with Crippen LogP contribution in [0.2, 0.25) is 0 Å². The van der Waals surface area contributed by atoms with E-state index in [2.05, 4.69) is 27.7 Å². The average Bonchev–Trinajstić information content (AvgIpc) is 2.26. The van der Waals surface area contributed by atoms with Gasteiger partial charge < -0.3 is 9.47 Å². The van der Waals surface area contributed by atoms with Crippen LogP contribution in [0.25, 0.3) is 0 Å². The zero-order valence-corrected chi connectivity index (χ0v) is 14.7. The molecule has 0 N–H and O–H groups in total. The molecule has 0 fully saturated rings. The molecule has 20 heavy (non-hydrogen) atoms. The summed E-state index contributed by atoms with van der Waals surface area (Å²) in [7, 11) is 0. The van der Waals surface area contributed by atoms with Gasteiger partial charge in [0.25, 0.3) is 0 Å².